The SMILES string of the molecule is CC.CC1C(C=C(Br)Br)C1C(=O)OC(C#N)c1cccc(Oc2ccccc2)c1. The number of hydrogen-bond acceptors (Lipinski definition) is 4. The first kappa shape index (κ1) is 23.2. The van der Waals surface area contributed by atoms with Crippen molar-refractivity contribution in [2.75, 3.05) is 0 Å². The fraction of sp³-hybridized carbons (Fsp3) is 0.304. The van der Waals surface area contributed by atoms with Crippen molar-refractivity contribution >= 4 is 37.8 Å². The van der Waals surface area contributed by atoms with Gasteiger partial charge in [-0.2, -0.15) is 5.26 Å². The summed E-state index contributed by atoms with van der Waals surface area (Å²) < 4.78 is 12.1. The highest BCUT2D eigenvalue weighted by Gasteiger charge is 2.52. The van der Waals surface area contributed by atoms with Gasteiger partial charge >= 0.3 is 5.97 Å². The van der Waals surface area contributed by atoms with Crippen molar-refractivity contribution in [2.24, 2.45) is 17.8 Å². The molecule has 1 aliphatic rings. The first-order valence-corrected chi connectivity index (χ1v) is 11.0. The third-order valence-electron chi connectivity index (χ3n) is 4.53. The standard InChI is InChI=1S/C21H17Br2NO3.C2H6/c1-13-17(11-19(22)23)20(13)21(25)27-18(12-24)14-6-5-9-16(10-14)26-15-7-3-2-4-8-15;1-2/h2-11,13,17-18,20H,1H3;1-2H3. The Morgan fingerprint density at radius 3 is 2.38 bits per heavy atom. The highest BCUT2D eigenvalue weighted by molar-refractivity contribution is 9.28. The third-order valence-corrected chi connectivity index (χ3v) is 5.06. The van der Waals surface area contributed by atoms with Gasteiger partial charge in [-0.25, -0.2) is 0 Å². The molecule has 0 N–H and O–H groups in total. The van der Waals surface area contributed by atoms with Crippen LogP contribution in [0.4, 0.5) is 0 Å². The van der Waals surface area contributed by atoms with E-state index in [0.29, 0.717) is 17.1 Å². The molecule has 0 bridgehead atoms. The second kappa shape index (κ2) is 11.2. The lowest BCUT2D eigenvalue weighted by Crippen LogP contribution is -2.13. The predicted molar refractivity (Wildman–Crippen MR) is 121 cm³/mol. The van der Waals surface area contributed by atoms with E-state index in [1.54, 1.807) is 24.3 Å². The van der Waals surface area contributed by atoms with Gasteiger partial charge in [-0.05, 0) is 68.0 Å². The van der Waals surface area contributed by atoms with Crippen LogP contribution in [0.5, 0.6) is 11.5 Å². The number of para-hydroxylation sites is 1. The lowest BCUT2D eigenvalue weighted by molar-refractivity contribution is -0.149. The molecule has 152 valence electrons. The van der Waals surface area contributed by atoms with E-state index in [0.717, 1.165) is 3.39 Å². The molecular weight excluding hydrogens is 498 g/mol. The average Bonchev–Trinajstić information content (AvgIpc) is 3.36. The van der Waals surface area contributed by atoms with Crippen LogP contribution in [0, 0.1) is 29.1 Å². The maximum absolute atomic E-state index is 12.5. The van der Waals surface area contributed by atoms with Gasteiger partial charge in [0.2, 0.25) is 6.10 Å². The van der Waals surface area contributed by atoms with Crippen LogP contribution in [-0.2, 0) is 9.53 Å². The molecule has 0 aromatic heterocycles. The van der Waals surface area contributed by atoms with Crippen molar-refractivity contribution in [1.29, 1.82) is 5.26 Å². The van der Waals surface area contributed by atoms with Gasteiger partial charge in [0.1, 0.15) is 17.6 Å². The number of hydrogen-bond donors (Lipinski definition) is 0. The number of ether oxygens (including phenoxy) is 2. The molecule has 4 atom stereocenters. The normalized spacial score (nSPS) is 20.2. The van der Waals surface area contributed by atoms with E-state index in [1.807, 2.05) is 57.2 Å². The summed E-state index contributed by atoms with van der Waals surface area (Å²) in [7, 11) is 0. The highest BCUT2D eigenvalue weighted by Crippen LogP contribution is 2.49. The molecular formula is C23H23Br2NO3. The molecule has 0 saturated heterocycles. The second-order valence-corrected chi connectivity index (χ2v) is 9.13. The van der Waals surface area contributed by atoms with Crippen LogP contribution in [-0.4, -0.2) is 5.97 Å². The van der Waals surface area contributed by atoms with Crippen molar-refractivity contribution in [3.8, 4) is 17.6 Å². The molecule has 3 rings (SSSR count). The minimum Gasteiger partial charge on any atom is -0.457 e. The van der Waals surface area contributed by atoms with Gasteiger partial charge < -0.3 is 9.47 Å². The maximum Gasteiger partial charge on any atom is 0.311 e. The number of rotatable bonds is 6. The molecule has 1 saturated carbocycles. The molecule has 29 heavy (non-hydrogen) atoms. The second-order valence-electron chi connectivity index (χ2n) is 6.35. The van der Waals surface area contributed by atoms with Crippen LogP contribution in [0.3, 0.4) is 0 Å². The molecule has 0 spiro atoms. The molecule has 4 unspecified atom stereocenters. The summed E-state index contributed by atoms with van der Waals surface area (Å²) in [5.41, 5.74) is 0.585. The maximum atomic E-state index is 12.5. The van der Waals surface area contributed by atoms with Gasteiger partial charge in [0.05, 0.1) is 9.31 Å². The number of nitrogens with zero attached hydrogens (tertiary/aromatic N) is 1. The van der Waals surface area contributed by atoms with Crippen molar-refractivity contribution in [2.45, 2.75) is 26.9 Å². The van der Waals surface area contributed by atoms with Gasteiger partial charge in [-0.1, -0.05) is 57.2 Å². The van der Waals surface area contributed by atoms with E-state index in [-0.39, 0.29) is 23.7 Å². The van der Waals surface area contributed by atoms with Crippen LogP contribution in [0.15, 0.2) is 64.1 Å². The summed E-state index contributed by atoms with van der Waals surface area (Å²) in [6.45, 7) is 5.99. The summed E-state index contributed by atoms with van der Waals surface area (Å²) >= 11 is 6.63. The van der Waals surface area contributed by atoms with Crippen LogP contribution >= 0.6 is 31.9 Å². The number of esters is 1. The summed E-state index contributed by atoms with van der Waals surface area (Å²) in [6, 6.07) is 18.5. The molecule has 2 aromatic carbocycles. The molecule has 6 heteroatoms. The van der Waals surface area contributed by atoms with Crippen molar-refractivity contribution in [3.63, 3.8) is 0 Å². The van der Waals surface area contributed by atoms with Gasteiger partial charge in [-0.3, -0.25) is 4.79 Å². The minimum absolute atomic E-state index is 0.110. The van der Waals surface area contributed by atoms with Gasteiger partial charge in [-0.15, -0.1) is 0 Å². The monoisotopic (exact) mass is 519 g/mol. The van der Waals surface area contributed by atoms with Crippen LogP contribution in [0.25, 0.3) is 0 Å². The summed E-state index contributed by atoms with van der Waals surface area (Å²) in [5.74, 6) is 0.995. The zero-order valence-electron chi connectivity index (χ0n) is 16.5. The van der Waals surface area contributed by atoms with E-state index >= 15 is 0 Å². The number of benzene rings is 2. The van der Waals surface area contributed by atoms with E-state index in [4.69, 9.17) is 9.47 Å². The van der Waals surface area contributed by atoms with E-state index in [1.165, 1.54) is 0 Å². The molecule has 0 radical (unpaired) electrons. The smallest absolute Gasteiger partial charge is 0.311 e. The Labute approximate surface area is 188 Å². The topological polar surface area (TPSA) is 59.3 Å². The Morgan fingerprint density at radius 2 is 1.76 bits per heavy atom. The number of halogens is 2. The van der Waals surface area contributed by atoms with Crippen LogP contribution < -0.4 is 4.74 Å². The number of carbonyl (C=O) groups excluding carboxylic acids is 1. The molecule has 1 aliphatic carbocycles. The van der Waals surface area contributed by atoms with Gasteiger partial charge in [0, 0.05) is 5.56 Å². The molecule has 0 heterocycles. The van der Waals surface area contributed by atoms with Crippen LogP contribution in [0.2, 0.25) is 0 Å². The Balaban J connectivity index is 0.00000145. The molecule has 4 nitrogen and oxygen atoms in total. The quantitative estimate of drug-likeness (QED) is 0.380. The zero-order valence-corrected chi connectivity index (χ0v) is 19.7. The van der Waals surface area contributed by atoms with Gasteiger partial charge in [0.15, 0.2) is 0 Å². The zero-order chi connectivity index (χ0) is 21.4. The van der Waals surface area contributed by atoms with E-state index in [9.17, 15) is 10.1 Å². The summed E-state index contributed by atoms with van der Waals surface area (Å²) in [6.07, 6.45) is 0.966. The fourth-order valence-corrected chi connectivity index (χ4v) is 3.61. The minimum atomic E-state index is -0.971. The van der Waals surface area contributed by atoms with E-state index in [2.05, 4.69) is 37.9 Å². The Kier molecular flexibility index (Phi) is 8.94. The lowest BCUT2D eigenvalue weighted by Gasteiger charge is -2.13. The predicted octanol–water partition coefficient (Wildman–Crippen LogP) is 7.13. The lowest BCUT2D eigenvalue weighted by atomic mass is 10.1. The molecule has 0 aliphatic heterocycles. The molecule has 0 amide bonds. The molecule has 2 aromatic rings. The fourth-order valence-electron chi connectivity index (χ4n) is 3.00. The van der Waals surface area contributed by atoms with Crippen LogP contribution in [0.1, 0.15) is 32.4 Å². The number of carbonyl (C=O) groups is 1. The first-order valence-electron chi connectivity index (χ1n) is 9.45. The number of nitriles is 1. The first-order chi connectivity index (χ1) is 14.0. The summed E-state index contributed by atoms with van der Waals surface area (Å²) in [5, 5.41) is 9.49. The average molecular weight is 521 g/mol. The Hall–Kier alpha value is -2.10. The Bertz CT molecular complexity index is 888. The third kappa shape index (κ3) is 6.45. The molecule has 1 fully saturated rings. The Morgan fingerprint density at radius 1 is 1.10 bits per heavy atom. The highest BCUT2D eigenvalue weighted by atomic mass is 79.9. The summed E-state index contributed by atoms with van der Waals surface area (Å²) in [4.78, 5) is 12.5. The van der Waals surface area contributed by atoms with Gasteiger partial charge in [0.25, 0.3) is 0 Å². The van der Waals surface area contributed by atoms with E-state index < -0.39 is 6.10 Å². The van der Waals surface area contributed by atoms with Crippen molar-refractivity contribution in [3.05, 3.63) is 69.6 Å². The van der Waals surface area contributed by atoms with Crippen molar-refractivity contribution in [1.82, 2.24) is 0 Å². The largest absolute Gasteiger partial charge is 0.457 e. The number of allylic oxidation sites excluding steroid dienone is 1. The van der Waals surface area contributed by atoms with Crippen molar-refractivity contribution < 1.29 is 14.3 Å².